The van der Waals surface area contributed by atoms with Crippen LogP contribution >= 0.6 is 0 Å². The van der Waals surface area contributed by atoms with E-state index in [1.807, 2.05) is 32.0 Å². The maximum atomic E-state index is 13.4. The molecule has 2 aliphatic rings. The molecule has 0 atom stereocenters. The number of hydrogen-bond acceptors (Lipinski definition) is 3. The molecule has 1 aliphatic heterocycles. The number of hydrogen-bond donors (Lipinski definition) is 1. The number of nitrogens with zero attached hydrogens (tertiary/aromatic N) is 2. The summed E-state index contributed by atoms with van der Waals surface area (Å²) in [7, 11) is 0. The molecule has 2 amide bonds. The largest absolute Gasteiger partial charge is 0.352 e. The van der Waals surface area contributed by atoms with Crippen molar-refractivity contribution in [1.29, 1.82) is 0 Å². The van der Waals surface area contributed by atoms with Crippen LogP contribution in [0.3, 0.4) is 0 Å². The van der Waals surface area contributed by atoms with E-state index in [-0.39, 0.29) is 29.0 Å². The molecule has 4 rings (SSSR count). The van der Waals surface area contributed by atoms with E-state index in [0.29, 0.717) is 25.6 Å². The van der Waals surface area contributed by atoms with Gasteiger partial charge >= 0.3 is 0 Å². The summed E-state index contributed by atoms with van der Waals surface area (Å²) in [5.74, 6) is -0.215. The van der Waals surface area contributed by atoms with Crippen LogP contribution in [-0.2, 0) is 13.0 Å². The lowest BCUT2D eigenvalue weighted by molar-refractivity contribution is 0.0732. The molecular weight excluding hydrogens is 402 g/mol. The van der Waals surface area contributed by atoms with Crippen molar-refractivity contribution in [3.63, 3.8) is 0 Å². The number of benzene rings is 1. The third kappa shape index (κ3) is 4.79. The van der Waals surface area contributed by atoms with Crippen LogP contribution in [0.4, 0.5) is 0 Å². The Morgan fingerprint density at radius 2 is 1.72 bits per heavy atom. The van der Waals surface area contributed by atoms with Crippen LogP contribution in [0.5, 0.6) is 0 Å². The predicted molar refractivity (Wildman–Crippen MR) is 125 cm³/mol. The van der Waals surface area contributed by atoms with Gasteiger partial charge in [-0.25, -0.2) is 0 Å². The topological polar surface area (TPSA) is 71.4 Å². The van der Waals surface area contributed by atoms with Crippen molar-refractivity contribution in [2.24, 2.45) is 5.92 Å². The number of pyridine rings is 1. The average Bonchev–Trinajstić information content (AvgIpc) is 2.82. The highest BCUT2D eigenvalue weighted by molar-refractivity contribution is 5.99. The quantitative estimate of drug-likeness (QED) is 0.773. The SMILES string of the molecule is CC(C)n1cc(C(=O)NCC2CCCCC2)c(=O)c(C(=O)N2CCc3ccccc3C2)c1. The van der Waals surface area contributed by atoms with Gasteiger partial charge in [-0.1, -0.05) is 43.5 Å². The zero-order chi connectivity index (χ0) is 22.7. The molecule has 1 N–H and O–H groups in total. The lowest BCUT2D eigenvalue weighted by Gasteiger charge is -2.29. The highest BCUT2D eigenvalue weighted by Crippen LogP contribution is 2.23. The molecule has 6 nitrogen and oxygen atoms in total. The molecule has 1 aromatic heterocycles. The van der Waals surface area contributed by atoms with E-state index in [1.54, 1.807) is 21.9 Å². The molecule has 0 spiro atoms. The minimum atomic E-state index is -0.480. The van der Waals surface area contributed by atoms with E-state index in [4.69, 9.17) is 0 Å². The van der Waals surface area contributed by atoms with Gasteiger partial charge in [-0.15, -0.1) is 0 Å². The molecule has 2 aromatic rings. The third-order valence-electron chi connectivity index (χ3n) is 6.81. The second-order valence-corrected chi connectivity index (χ2v) is 9.42. The molecular formula is C26H33N3O3. The van der Waals surface area contributed by atoms with Crippen LogP contribution in [0.1, 0.15) is 83.8 Å². The van der Waals surface area contributed by atoms with Crippen molar-refractivity contribution in [3.8, 4) is 0 Å². The monoisotopic (exact) mass is 435 g/mol. The zero-order valence-electron chi connectivity index (χ0n) is 19.1. The fourth-order valence-corrected chi connectivity index (χ4v) is 4.77. The number of amides is 2. The first-order chi connectivity index (χ1) is 15.4. The number of carbonyl (C=O) groups is 2. The summed E-state index contributed by atoms with van der Waals surface area (Å²) in [6.07, 6.45) is 9.85. The van der Waals surface area contributed by atoms with Crippen LogP contribution in [0.2, 0.25) is 0 Å². The summed E-state index contributed by atoms with van der Waals surface area (Å²) in [6, 6.07) is 8.11. The van der Waals surface area contributed by atoms with Gasteiger partial charge in [0.15, 0.2) is 0 Å². The number of fused-ring (bicyclic) bond motifs is 1. The highest BCUT2D eigenvalue weighted by Gasteiger charge is 2.26. The normalized spacial score (nSPS) is 16.7. The van der Waals surface area contributed by atoms with Crippen LogP contribution < -0.4 is 10.7 Å². The molecule has 1 fully saturated rings. The maximum Gasteiger partial charge on any atom is 0.259 e. The second-order valence-electron chi connectivity index (χ2n) is 9.42. The van der Waals surface area contributed by atoms with Crippen molar-refractivity contribution < 1.29 is 9.59 Å². The third-order valence-corrected chi connectivity index (χ3v) is 6.81. The van der Waals surface area contributed by atoms with Crippen LogP contribution in [0.15, 0.2) is 41.5 Å². The van der Waals surface area contributed by atoms with Gasteiger partial charge in [-0.3, -0.25) is 14.4 Å². The smallest absolute Gasteiger partial charge is 0.259 e. The van der Waals surface area contributed by atoms with E-state index in [9.17, 15) is 14.4 Å². The van der Waals surface area contributed by atoms with Gasteiger partial charge in [0.25, 0.3) is 11.8 Å². The Hall–Kier alpha value is -2.89. The van der Waals surface area contributed by atoms with E-state index in [0.717, 1.165) is 24.8 Å². The van der Waals surface area contributed by atoms with Crippen LogP contribution in [0.25, 0.3) is 0 Å². The highest BCUT2D eigenvalue weighted by atomic mass is 16.2. The molecule has 1 aliphatic carbocycles. The Labute approximate surface area is 189 Å². The summed E-state index contributed by atoms with van der Waals surface area (Å²) >= 11 is 0. The molecule has 1 aromatic carbocycles. The van der Waals surface area contributed by atoms with E-state index < -0.39 is 5.43 Å². The minimum Gasteiger partial charge on any atom is -0.352 e. The minimum absolute atomic E-state index is 0.0223. The summed E-state index contributed by atoms with van der Waals surface area (Å²) in [6.45, 7) is 5.57. The number of aromatic nitrogens is 1. The van der Waals surface area contributed by atoms with Crippen molar-refractivity contribution in [2.45, 2.75) is 65.0 Å². The average molecular weight is 436 g/mol. The fraction of sp³-hybridized carbons (Fsp3) is 0.500. The van der Waals surface area contributed by atoms with Crippen molar-refractivity contribution in [1.82, 2.24) is 14.8 Å². The first kappa shape index (κ1) is 22.3. The van der Waals surface area contributed by atoms with Crippen molar-refractivity contribution in [3.05, 3.63) is 69.1 Å². The molecule has 2 heterocycles. The van der Waals surface area contributed by atoms with Crippen molar-refractivity contribution >= 4 is 11.8 Å². The van der Waals surface area contributed by atoms with Gasteiger partial charge in [0.05, 0.1) is 0 Å². The predicted octanol–water partition coefficient (Wildman–Crippen LogP) is 3.94. The Morgan fingerprint density at radius 3 is 2.44 bits per heavy atom. The van der Waals surface area contributed by atoms with Gasteiger partial charge in [0.2, 0.25) is 5.43 Å². The molecule has 170 valence electrons. The number of carbonyl (C=O) groups excluding carboxylic acids is 2. The Kier molecular flexibility index (Phi) is 6.77. The lowest BCUT2D eigenvalue weighted by Crippen LogP contribution is -2.40. The van der Waals surface area contributed by atoms with Crippen LogP contribution in [-0.4, -0.2) is 34.4 Å². The summed E-state index contributed by atoms with van der Waals surface area (Å²) in [4.78, 5) is 41.3. The second kappa shape index (κ2) is 9.72. The summed E-state index contributed by atoms with van der Waals surface area (Å²) in [5.41, 5.74) is 2.00. The molecule has 0 radical (unpaired) electrons. The fourth-order valence-electron chi connectivity index (χ4n) is 4.77. The molecule has 0 bridgehead atoms. The molecule has 6 heteroatoms. The number of rotatable bonds is 5. The molecule has 32 heavy (non-hydrogen) atoms. The Bertz CT molecular complexity index is 1050. The molecule has 0 saturated heterocycles. The van der Waals surface area contributed by atoms with E-state index in [2.05, 4.69) is 11.4 Å². The lowest BCUT2D eigenvalue weighted by atomic mass is 9.89. The van der Waals surface area contributed by atoms with Gasteiger partial charge in [-0.05, 0) is 50.2 Å². The van der Waals surface area contributed by atoms with Crippen molar-refractivity contribution in [2.75, 3.05) is 13.1 Å². The van der Waals surface area contributed by atoms with Gasteiger partial charge in [0.1, 0.15) is 11.1 Å². The zero-order valence-corrected chi connectivity index (χ0v) is 19.1. The first-order valence-corrected chi connectivity index (χ1v) is 11.8. The van der Waals surface area contributed by atoms with Gasteiger partial charge < -0.3 is 14.8 Å². The molecule has 1 saturated carbocycles. The Balaban J connectivity index is 1.58. The van der Waals surface area contributed by atoms with Crippen LogP contribution in [0, 0.1) is 5.92 Å². The molecule has 0 unspecified atom stereocenters. The van der Waals surface area contributed by atoms with E-state index in [1.165, 1.54) is 24.8 Å². The maximum absolute atomic E-state index is 13.4. The van der Waals surface area contributed by atoms with Gasteiger partial charge in [0, 0.05) is 38.1 Å². The standard InChI is InChI=1S/C26H33N3O3/c1-18(2)29-16-22(25(31)27-14-19-8-4-3-5-9-19)24(30)23(17-29)26(32)28-13-12-20-10-6-7-11-21(20)15-28/h6-7,10-11,16-19H,3-5,8-9,12-15H2,1-2H3,(H,27,31). The number of nitrogens with one attached hydrogen (secondary N) is 1. The summed E-state index contributed by atoms with van der Waals surface area (Å²) < 4.78 is 1.79. The Morgan fingerprint density at radius 1 is 1.03 bits per heavy atom. The van der Waals surface area contributed by atoms with Gasteiger partial charge in [-0.2, -0.15) is 0 Å². The summed E-state index contributed by atoms with van der Waals surface area (Å²) in [5, 5.41) is 2.96. The van der Waals surface area contributed by atoms with E-state index >= 15 is 0 Å². The first-order valence-electron chi connectivity index (χ1n) is 11.8.